The van der Waals surface area contributed by atoms with Crippen LogP contribution in [0.1, 0.15) is 18.4 Å². The first-order valence-corrected chi connectivity index (χ1v) is 8.89. The Morgan fingerprint density at radius 1 is 1.55 bits per heavy atom. The van der Waals surface area contributed by atoms with Crippen molar-refractivity contribution >= 4 is 15.8 Å². The van der Waals surface area contributed by atoms with E-state index in [9.17, 15) is 12.8 Å². The summed E-state index contributed by atoms with van der Waals surface area (Å²) in [6.45, 7) is 1.29. The molecular formula is C14H20FN3O3S. The Morgan fingerprint density at radius 3 is 2.95 bits per heavy atom. The zero-order chi connectivity index (χ0) is 16.2. The third-order valence-corrected chi connectivity index (χ3v) is 4.51. The minimum absolute atomic E-state index is 0.0282. The molecule has 8 heteroatoms. The second-order valence-corrected chi connectivity index (χ2v) is 7.26. The molecule has 0 aliphatic carbocycles. The van der Waals surface area contributed by atoms with Gasteiger partial charge in [0.2, 0.25) is 0 Å². The van der Waals surface area contributed by atoms with Gasteiger partial charge in [-0.1, -0.05) is 0 Å². The molecule has 122 valence electrons. The number of nitrogens with zero attached hydrogens (tertiary/aromatic N) is 1. The van der Waals surface area contributed by atoms with Gasteiger partial charge < -0.3 is 15.8 Å². The molecule has 1 aliphatic rings. The summed E-state index contributed by atoms with van der Waals surface area (Å²) in [5.74, 6) is -0.331. The summed E-state index contributed by atoms with van der Waals surface area (Å²) >= 11 is 0. The molecule has 1 saturated heterocycles. The first-order valence-electron chi connectivity index (χ1n) is 7.00. The average molecular weight is 329 g/mol. The van der Waals surface area contributed by atoms with Crippen LogP contribution in [0.5, 0.6) is 0 Å². The zero-order valence-electron chi connectivity index (χ0n) is 12.4. The Kier molecular flexibility index (Phi) is 5.36. The van der Waals surface area contributed by atoms with E-state index < -0.39 is 15.7 Å². The van der Waals surface area contributed by atoms with Crippen molar-refractivity contribution in [1.82, 2.24) is 5.32 Å². The van der Waals surface area contributed by atoms with Crippen molar-refractivity contribution < 1.29 is 17.5 Å². The van der Waals surface area contributed by atoms with Crippen LogP contribution in [0.4, 0.5) is 4.39 Å². The molecule has 0 spiro atoms. The highest BCUT2D eigenvalue weighted by molar-refractivity contribution is 7.90. The number of aliphatic imine (C=N–C) groups is 1. The molecule has 3 N–H and O–H groups in total. The van der Waals surface area contributed by atoms with E-state index in [1.165, 1.54) is 12.1 Å². The first-order chi connectivity index (χ1) is 10.4. The summed E-state index contributed by atoms with van der Waals surface area (Å²) in [7, 11) is -3.38. The molecule has 1 aromatic rings. The highest BCUT2D eigenvalue weighted by atomic mass is 32.2. The Labute approximate surface area is 129 Å². The average Bonchev–Trinajstić information content (AvgIpc) is 2.96. The molecule has 1 aromatic carbocycles. The SMILES string of the molecule is CS(=O)(=O)c1ccc(F)c(CN=C(N)NCC2CCCO2)c1. The summed E-state index contributed by atoms with van der Waals surface area (Å²) in [5, 5.41) is 2.92. The topological polar surface area (TPSA) is 93.8 Å². The van der Waals surface area contributed by atoms with E-state index in [0.717, 1.165) is 31.8 Å². The van der Waals surface area contributed by atoms with Crippen LogP contribution in [0, 0.1) is 5.82 Å². The number of ether oxygens (including phenoxy) is 1. The third-order valence-electron chi connectivity index (χ3n) is 3.40. The van der Waals surface area contributed by atoms with Gasteiger partial charge in [0.25, 0.3) is 0 Å². The molecule has 1 fully saturated rings. The van der Waals surface area contributed by atoms with Gasteiger partial charge in [0.15, 0.2) is 15.8 Å². The number of hydrogen-bond donors (Lipinski definition) is 2. The highest BCUT2D eigenvalue weighted by Crippen LogP contribution is 2.16. The maximum absolute atomic E-state index is 13.7. The van der Waals surface area contributed by atoms with E-state index in [0.29, 0.717) is 6.54 Å². The van der Waals surface area contributed by atoms with Gasteiger partial charge in [0, 0.05) is 25.0 Å². The van der Waals surface area contributed by atoms with Gasteiger partial charge >= 0.3 is 0 Å². The molecule has 6 nitrogen and oxygen atoms in total. The van der Waals surface area contributed by atoms with Crippen LogP contribution in [0.25, 0.3) is 0 Å². The summed E-state index contributed by atoms with van der Waals surface area (Å²) in [4.78, 5) is 4.09. The minimum atomic E-state index is -3.38. The Bertz CT molecular complexity index is 655. The van der Waals surface area contributed by atoms with Crippen LogP contribution in [0.3, 0.4) is 0 Å². The Morgan fingerprint density at radius 2 is 2.32 bits per heavy atom. The molecule has 1 unspecified atom stereocenters. The van der Waals surface area contributed by atoms with Gasteiger partial charge in [0.05, 0.1) is 17.5 Å². The molecule has 0 saturated carbocycles. The van der Waals surface area contributed by atoms with Crippen molar-refractivity contribution in [3.63, 3.8) is 0 Å². The molecular weight excluding hydrogens is 309 g/mol. The lowest BCUT2D eigenvalue weighted by molar-refractivity contribution is 0.114. The quantitative estimate of drug-likeness (QED) is 0.474. The van der Waals surface area contributed by atoms with E-state index in [1.54, 1.807) is 0 Å². The largest absolute Gasteiger partial charge is 0.376 e. The van der Waals surface area contributed by atoms with Crippen molar-refractivity contribution in [2.75, 3.05) is 19.4 Å². The Hall–Kier alpha value is -1.67. The number of hydrogen-bond acceptors (Lipinski definition) is 4. The van der Waals surface area contributed by atoms with Gasteiger partial charge in [-0.3, -0.25) is 0 Å². The summed E-state index contributed by atoms with van der Waals surface area (Å²) in [6.07, 6.45) is 3.21. The second-order valence-electron chi connectivity index (χ2n) is 5.24. The van der Waals surface area contributed by atoms with Crippen molar-refractivity contribution in [1.29, 1.82) is 0 Å². The van der Waals surface area contributed by atoms with Gasteiger partial charge in [-0.15, -0.1) is 0 Å². The second kappa shape index (κ2) is 7.06. The van der Waals surface area contributed by atoms with Gasteiger partial charge in [-0.05, 0) is 31.0 Å². The van der Waals surface area contributed by atoms with Crippen molar-refractivity contribution in [3.05, 3.63) is 29.6 Å². The van der Waals surface area contributed by atoms with Gasteiger partial charge in [-0.2, -0.15) is 0 Å². The van der Waals surface area contributed by atoms with Crippen LogP contribution in [0.2, 0.25) is 0 Å². The lowest BCUT2D eigenvalue weighted by Gasteiger charge is -2.11. The molecule has 22 heavy (non-hydrogen) atoms. The standard InChI is InChI=1S/C14H20FN3O3S/c1-22(19,20)12-4-5-13(15)10(7-12)8-17-14(16)18-9-11-3-2-6-21-11/h4-5,7,11H,2-3,6,8-9H2,1H3,(H3,16,17,18). The van der Waals surface area contributed by atoms with E-state index in [-0.39, 0.29) is 29.1 Å². The molecule has 1 heterocycles. The lowest BCUT2D eigenvalue weighted by atomic mass is 10.2. The summed E-state index contributed by atoms with van der Waals surface area (Å²) in [6, 6.07) is 3.63. The smallest absolute Gasteiger partial charge is 0.189 e. The van der Waals surface area contributed by atoms with Crippen molar-refractivity contribution in [2.45, 2.75) is 30.4 Å². The van der Waals surface area contributed by atoms with Gasteiger partial charge in [0.1, 0.15) is 5.82 Å². The van der Waals surface area contributed by atoms with Crippen LogP contribution < -0.4 is 11.1 Å². The lowest BCUT2D eigenvalue weighted by Crippen LogP contribution is -2.37. The Balaban J connectivity index is 1.98. The van der Waals surface area contributed by atoms with E-state index in [2.05, 4.69) is 10.3 Å². The number of nitrogens with one attached hydrogen (secondary N) is 1. The predicted molar refractivity (Wildman–Crippen MR) is 81.8 cm³/mol. The molecule has 0 radical (unpaired) electrons. The number of halogens is 1. The number of guanidine groups is 1. The van der Waals surface area contributed by atoms with Crippen LogP contribution >= 0.6 is 0 Å². The van der Waals surface area contributed by atoms with E-state index in [1.807, 2.05) is 0 Å². The fraction of sp³-hybridized carbons (Fsp3) is 0.500. The molecule has 1 aliphatic heterocycles. The zero-order valence-corrected chi connectivity index (χ0v) is 13.2. The summed E-state index contributed by atoms with van der Waals surface area (Å²) in [5.41, 5.74) is 5.90. The predicted octanol–water partition coefficient (Wildman–Crippen LogP) is 0.812. The molecule has 0 aromatic heterocycles. The fourth-order valence-electron chi connectivity index (χ4n) is 2.15. The molecule has 0 bridgehead atoms. The van der Waals surface area contributed by atoms with E-state index >= 15 is 0 Å². The number of nitrogens with two attached hydrogens (primary N) is 1. The monoisotopic (exact) mass is 329 g/mol. The van der Waals surface area contributed by atoms with Crippen molar-refractivity contribution in [3.8, 4) is 0 Å². The van der Waals surface area contributed by atoms with Gasteiger partial charge in [-0.25, -0.2) is 17.8 Å². The molecule has 1 atom stereocenters. The number of sulfone groups is 1. The van der Waals surface area contributed by atoms with Crippen LogP contribution in [-0.4, -0.2) is 39.9 Å². The fourth-order valence-corrected chi connectivity index (χ4v) is 2.82. The van der Waals surface area contributed by atoms with Crippen molar-refractivity contribution in [2.24, 2.45) is 10.7 Å². The number of rotatable bonds is 5. The van der Waals surface area contributed by atoms with Crippen LogP contribution in [-0.2, 0) is 21.1 Å². The maximum Gasteiger partial charge on any atom is 0.189 e. The number of benzene rings is 1. The minimum Gasteiger partial charge on any atom is -0.376 e. The maximum atomic E-state index is 13.7. The summed E-state index contributed by atoms with van der Waals surface area (Å²) < 4.78 is 42.1. The van der Waals surface area contributed by atoms with Crippen LogP contribution in [0.15, 0.2) is 28.1 Å². The first kappa shape index (κ1) is 16.7. The third kappa shape index (κ3) is 4.67. The molecule has 0 amide bonds. The molecule has 2 rings (SSSR count). The normalized spacial score (nSPS) is 19.4. The van der Waals surface area contributed by atoms with E-state index in [4.69, 9.17) is 10.5 Å². The highest BCUT2D eigenvalue weighted by Gasteiger charge is 2.15.